The zero-order valence-corrected chi connectivity index (χ0v) is 22.4. The van der Waals surface area contributed by atoms with Crippen molar-refractivity contribution in [1.29, 1.82) is 0 Å². The van der Waals surface area contributed by atoms with Crippen LogP contribution in [-0.2, 0) is 24.3 Å². The predicted octanol–water partition coefficient (Wildman–Crippen LogP) is 3.68. The first-order chi connectivity index (χ1) is 16.6. The first kappa shape index (κ1) is 29.2. The molecule has 0 aromatic heterocycles. The van der Waals surface area contributed by atoms with Crippen molar-refractivity contribution < 1.29 is 37.4 Å². The molecule has 0 saturated carbocycles. The number of benzene rings is 1. The number of hydrogen-bond acceptors (Lipinski definition) is 7. The highest BCUT2D eigenvalue weighted by molar-refractivity contribution is 7.89. The second-order valence-electron chi connectivity index (χ2n) is 10.1. The fourth-order valence-corrected chi connectivity index (χ4v) is 5.63. The molecule has 0 bridgehead atoms. The van der Waals surface area contributed by atoms with Crippen molar-refractivity contribution in [2.75, 3.05) is 18.0 Å². The van der Waals surface area contributed by atoms with Crippen LogP contribution in [0.3, 0.4) is 0 Å². The van der Waals surface area contributed by atoms with Crippen LogP contribution in [0.15, 0.2) is 29.2 Å². The molecule has 1 aromatic carbocycles. The van der Waals surface area contributed by atoms with E-state index in [1.54, 1.807) is 34.6 Å². The van der Waals surface area contributed by atoms with Gasteiger partial charge in [-0.1, -0.05) is 13.8 Å². The smallest absolute Gasteiger partial charge is 0.421 e. The topological polar surface area (TPSA) is 142 Å². The summed E-state index contributed by atoms with van der Waals surface area (Å²) in [4.78, 5) is 50.6. The largest absolute Gasteiger partial charge is 0.465 e. The van der Waals surface area contributed by atoms with E-state index in [0.29, 0.717) is 17.7 Å². The molecule has 1 aliphatic rings. The number of amides is 4. The third kappa shape index (κ3) is 7.03. The number of hydrogen-bond donors (Lipinski definition) is 1. The fraction of sp³-hybridized carbons (Fsp3) is 0.583. The number of anilines is 1. The molecule has 200 valence electrons. The molecule has 1 N–H and O–H groups in total. The number of likely N-dealkylation sites (tertiary alicyclic amines) is 1. The molecule has 1 aliphatic heterocycles. The number of ether oxygens (including phenoxy) is 1. The molecule has 1 fully saturated rings. The van der Waals surface area contributed by atoms with Crippen molar-refractivity contribution in [2.45, 2.75) is 77.3 Å². The highest BCUT2D eigenvalue weighted by Crippen LogP contribution is 2.28. The van der Waals surface area contributed by atoms with Crippen LogP contribution < -0.4 is 4.90 Å². The molecule has 1 heterocycles. The third-order valence-corrected chi connectivity index (χ3v) is 7.27. The van der Waals surface area contributed by atoms with Gasteiger partial charge in [0.15, 0.2) is 0 Å². The Balaban J connectivity index is 2.46. The number of carboxylic acid groups (broad SMARTS) is 1. The van der Waals surface area contributed by atoms with E-state index in [2.05, 4.69) is 0 Å². The quantitative estimate of drug-likeness (QED) is 0.593. The standard InChI is InChI=1S/C24H35N3O8S/c1-16(2)15-26(20-9-7-8-14-25(21(20)29)22(30)31)36(33,34)19-12-10-18(11-13-19)27(17(3)28)23(32)35-24(4,5)6/h10-13,16,20H,7-9,14-15H2,1-6H3,(H,30,31)/t20-/m0/s1. The zero-order chi connectivity index (χ0) is 27.4. The third-order valence-electron chi connectivity index (χ3n) is 5.38. The van der Waals surface area contributed by atoms with Crippen LogP contribution in [0, 0.1) is 5.92 Å². The Morgan fingerprint density at radius 2 is 1.72 bits per heavy atom. The minimum Gasteiger partial charge on any atom is -0.465 e. The van der Waals surface area contributed by atoms with Crippen LogP contribution >= 0.6 is 0 Å². The average molecular weight is 526 g/mol. The number of sulfonamides is 1. The molecule has 36 heavy (non-hydrogen) atoms. The van der Waals surface area contributed by atoms with E-state index in [9.17, 15) is 32.7 Å². The average Bonchev–Trinajstić information content (AvgIpc) is 2.92. The number of rotatable bonds is 6. The Hall–Kier alpha value is -2.99. The SMILES string of the molecule is CC(=O)N(C(=O)OC(C)(C)C)c1ccc(S(=O)(=O)N(CC(C)C)[C@H]2CCCCN(C(=O)O)C2=O)cc1. The van der Waals surface area contributed by atoms with Crippen LogP contribution in [0.1, 0.15) is 60.8 Å². The van der Waals surface area contributed by atoms with Gasteiger partial charge in [0, 0.05) is 20.0 Å². The number of carbonyl (C=O) groups excluding carboxylic acids is 3. The lowest BCUT2D eigenvalue weighted by Crippen LogP contribution is -2.52. The van der Waals surface area contributed by atoms with Crippen molar-refractivity contribution in [3.8, 4) is 0 Å². The van der Waals surface area contributed by atoms with Gasteiger partial charge in [-0.2, -0.15) is 4.31 Å². The number of imide groups is 2. The molecule has 0 radical (unpaired) electrons. The highest BCUT2D eigenvalue weighted by Gasteiger charge is 2.41. The van der Waals surface area contributed by atoms with Gasteiger partial charge in [-0.25, -0.2) is 27.8 Å². The normalized spacial score (nSPS) is 17.2. The lowest BCUT2D eigenvalue weighted by Gasteiger charge is -2.32. The fourth-order valence-electron chi connectivity index (χ4n) is 3.86. The maximum atomic E-state index is 13.7. The van der Waals surface area contributed by atoms with Gasteiger partial charge in [0.2, 0.25) is 21.8 Å². The molecular weight excluding hydrogens is 490 g/mol. The molecule has 0 unspecified atom stereocenters. The summed E-state index contributed by atoms with van der Waals surface area (Å²) in [5.74, 6) is -1.53. The second kappa shape index (κ2) is 11.4. The van der Waals surface area contributed by atoms with E-state index in [4.69, 9.17) is 4.74 Å². The van der Waals surface area contributed by atoms with Crippen LogP contribution in [0.5, 0.6) is 0 Å². The second-order valence-corrected chi connectivity index (χ2v) is 12.0. The van der Waals surface area contributed by atoms with E-state index in [1.165, 1.54) is 31.2 Å². The monoisotopic (exact) mass is 525 g/mol. The van der Waals surface area contributed by atoms with Crippen molar-refractivity contribution in [2.24, 2.45) is 5.92 Å². The van der Waals surface area contributed by atoms with Gasteiger partial charge >= 0.3 is 12.2 Å². The van der Waals surface area contributed by atoms with Gasteiger partial charge in [0.25, 0.3) is 0 Å². The van der Waals surface area contributed by atoms with E-state index in [1.807, 2.05) is 0 Å². The van der Waals surface area contributed by atoms with E-state index >= 15 is 0 Å². The van der Waals surface area contributed by atoms with Crippen molar-refractivity contribution in [3.05, 3.63) is 24.3 Å². The van der Waals surface area contributed by atoms with Crippen LogP contribution in [0.4, 0.5) is 15.3 Å². The van der Waals surface area contributed by atoms with E-state index in [0.717, 1.165) is 9.21 Å². The van der Waals surface area contributed by atoms with E-state index < -0.39 is 45.7 Å². The van der Waals surface area contributed by atoms with Crippen molar-refractivity contribution in [3.63, 3.8) is 0 Å². The maximum absolute atomic E-state index is 13.7. The number of nitrogens with zero attached hydrogens (tertiary/aromatic N) is 3. The first-order valence-electron chi connectivity index (χ1n) is 11.8. The zero-order valence-electron chi connectivity index (χ0n) is 21.6. The maximum Gasteiger partial charge on any atom is 0.421 e. The molecule has 0 aliphatic carbocycles. The first-order valence-corrected chi connectivity index (χ1v) is 13.2. The molecule has 4 amide bonds. The summed E-state index contributed by atoms with van der Waals surface area (Å²) in [6.07, 6.45) is -1.17. The summed E-state index contributed by atoms with van der Waals surface area (Å²) in [7, 11) is -4.23. The van der Waals surface area contributed by atoms with Crippen LogP contribution in [0.25, 0.3) is 0 Å². The van der Waals surface area contributed by atoms with Gasteiger partial charge in [0.05, 0.1) is 10.6 Å². The lowest BCUT2D eigenvalue weighted by atomic mass is 10.1. The number of carbonyl (C=O) groups is 4. The summed E-state index contributed by atoms with van der Waals surface area (Å²) in [6.45, 7) is 9.77. The Kier molecular flexibility index (Phi) is 9.24. The Bertz CT molecular complexity index is 1090. The summed E-state index contributed by atoms with van der Waals surface area (Å²) >= 11 is 0. The Labute approximate surface area is 212 Å². The predicted molar refractivity (Wildman–Crippen MR) is 132 cm³/mol. The van der Waals surface area contributed by atoms with Gasteiger partial charge in [-0.3, -0.25) is 9.59 Å². The minimum absolute atomic E-state index is 0.00539. The van der Waals surface area contributed by atoms with Gasteiger partial charge < -0.3 is 9.84 Å². The minimum atomic E-state index is -4.23. The van der Waals surface area contributed by atoms with Gasteiger partial charge in [0.1, 0.15) is 11.6 Å². The van der Waals surface area contributed by atoms with Crippen molar-refractivity contribution >= 4 is 39.7 Å². The summed E-state index contributed by atoms with van der Waals surface area (Å²) in [5, 5.41) is 9.44. The van der Waals surface area contributed by atoms with E-state index in [-0.39, 0.29) is 36.0 Å². The molecular formula is C24H35N3O8S. The molecule has 0 spiro atoms. The summed E-state index contributed by atoms with van der Waals surface area (Å²) in [5.41, 5.74) is -0.728. The van der Waals surface area contributed by atoms with Crippen LogP contribution in [-0.4, -0.2) is 71.5 Å². The molecule has 1 atom stereocenters. The summed E-state index contributed by atoms with van der Waals surface area (Å²) < 4.78 is 33.7. The van der Waals surface area contributed by atoms with Crippen LogP contribution in [0.2, 0.25) is 0 Å². The summed E-state index contributed by atoms with van der Waals surface area (Å²) in [6, 6.07) is 3.95. The highest BCUT2D eigenvalue weighted by atomic mass is 32.2. The van der Waals surface area contributed by atoms with Crippen molar-refractivity contribution in [1.82, 2.24) is 9.21 Å². The molecule has 12 heteroatoms. The molecule has 11 nitrogen and oxygen atoms in total. The molecule has 1 aromatic rings. The Morgan fingerprint density at radius 3 is 2.19 bits per heavy atom. The van der Waals surface area contributed by atoms with Gasteiger partial charge in [-0.05, 0) is 70.2 Å². The molecule has 2 rings (SSSR count). The Morgan fingerprint density at radius 1 is 1.14 bits per heavy atom. The molecule has 1 saturated heterocycles. The van der Waals surface area contributed by atoms with Gasteiger partial charge in [-0.15, -0.1) is 0 Å². The lowest BCUT2D eigenvalue weighted by molar-refractivity contribution is -0.132.